The van der Waals surface area contributed by atoms with Crippen molar-refractivity contribution in [2.24, 2.45) is 0 Å². The molecule has 2 aromatic carbocycles. The summed E-state index contributed by atoms with van der Waals surface area (Å²) in [6.45, 7) is 5.13. The number of benzene rings is 2. The van der Waals surface area contributed by atoms with E-state index < -0.39 is 0 Å². The average Bonchev–Trinajstić information content (AvgIpc) is 3.24. The summed E-state index contributed by atoms with van der Waals surface area (Å²) in [6, 6.07) is 16.8. The smallest absolute Gasteiger partial charge is 0.191 e. The summed E-state index contributed by atoms with van der Waals surface area (Å²) in [5.74, 6) is 1.82. The molecule has 0 bridgehead atoms. The van der Waals surface area contributed by atoms with Gasteiger partial charge in [0.1, 0.15) is 0 Å². The van der Waals surface area contributed by atoms with Crippen molar-refractivity contribution in [3.63, 3.8) is 0 Å². The Bertz CT molecular complexity index is 1020. The highest BCUT2D eigenvalue weighted by Crippen LogP contribution is 2.31. The Balaban J connectivity index is 1.66. The highest BCUT2D eigenvalue weighted by molar-refractivity contribution is 7.98. The van der Waals surface area contributed by atoms with Gasteiger partial charge in [0.2, 0.25) is 0 Å². The van der Waals surface area contributed by atoms with Crippen LogP contribution in [0.4, 0.5) is 0 Å². The van der Waals surface area contributed by atoms with Crippen LogP contribution in [0.25, 0.3) is 22.3 Å². The molecule has 1 N–H and O–H groups in total. The van der Waals surface area contributed by atoms with E-state index in [1.165, 1.54) is 16.5 Å². The molecule has 4 rings (SSSR count). The van der Waals surface area contributed by atoms with Crippen LogP contribution >= 0.6 is 11.8 Å². The van der Waals surface area contributed by atoms with Crippen LogP contribution in [-0.2, 0) is 12.3 Å². The van der Waals surface area contributed by atoms with Gasteiger partial charge in [-0.1, -0.05) is 54.2 Å². The Morgan fingerprint density at radius 1 is 1.04 bits per heavy atom. The second-order valence-electron chi connectivity index (χ2n) is 6.01. The van der Waals surface area contributed by atoms with Crippen LogP contribution in [0.2, 0.25) is 0 Å². The number of nitrogens with zero attached hydrogens (tertiary/aromatic N) is 3. The Kier molecular flexibility index (Phi) is 4.32. The van der Waals surface area contributed by atoms with Crippen LogP contribution in [0, 0.1) is 6.92 Å². The highest BCUT2D eigenvalue weighted by Gasteiger charge is 2.16. The van der Waals surface area contributed by atoms with Crippen LogP contribution in [0.1, 0.15) is 18.1 Å². The van der Waals surface area contributed by atoms with Gasteiger partial charge in [-0.2, -0.15) is 0 Å². The van der Waals surface area contributed by atoms with E-state index in [1.54, 1.807) is 11.8 Å². The SMILES string of the molecule is CCn1c(SCc2ccccc2C)nnc1-c1c[nH]c2ccccc12. The molecule has 0 saturated heterocycles. The molecule has 0 radical (unpaired) electrons. The maximum absolute atomic E-state index is 4.49. The first-order valence-corrected chi connectivity index (χ1v) is 9.43. The molecule has 0 amide bonds. The lowest BCUT2D eigenvalue weighted by atomic mass is 10.1. The van der Waals surface area contributed by atoms with Crippen LogP contribution in [0.5, 0.6) is 0 Å². The van der Waals surface area contributed by atoms with Crippen molar-refractivity contribution in [3.8, 4) is 11.4 Å². The molecule has 2 aromatic heterocycles. The fraction of sp³-hybridized carbons (Fsp3) is 0.200. The van der Waals surface area contributed by atoms with Gasteiger partial charge in [0.05, 0.1) is 0 Å². The van der Waals surface area contributed by atoms with Crippen LogP contribution in [-0.4, -0.2) is 19.7 Å². The second kappa shape index (κ2) is 6.76. The van der Waals surface area contributed by atoms with Crippen molar-refractivity contribution < 1.29 is 0 Å². The zero-order chi connectivity index (χ0) is 17.2. The van der Waals surface area contributed by atoms with E-state index in [0.717, 1.165) is 34.4 Å². The van der Waals surface area contributed by atoms with E-state index in [4.69, 9.17) is 0 Å². The highest BCUT2D eigenvalue weighted by atomic mass is 32.2. The summed E-state index contributed by atoms with van der Waals surface area (Å²) in [6.07, 6.45) is 2.02. The van der Waals surface area contributed by atoms with E-state index in [0.29, 0.717) is 0 Å². The van der Waals surface area contributed by atoms with Crippen molar-refractivity contribution in [2.75, 3.05) is 0 Å². The molecule has 0 spiro atoms. The monoisotopic (exact) mass is 348 g/mol. The molecule has 2 heterocycles. The second-order valence-corrected chi connectivity index (χ2v) is 6.96. The molecular formula is C20H20N4S. The zero-order valence-electron chi connectivity index (χ0n) is 14.4. The number of hydrogen-bond acceptors (Lipinski definition) is 3. The van der Waals surface area contributed by atoms with Crippen molar-refractivity contribution in [3.05, 3.63) is 65.9 Å². The Labute approximate surface area is 151 Å². The summed E-state index contributed by atoms with van der Waals surface area (Å²) in [5, 5.41) is 11.1. The molecule has 0 aliphatic rings. The van der Waals surface area contributed by atoms with Gasteiger partial charge in [0.15, 0.2) is 11.0 Å². The number of H-pyrrole nitrogens is 1. The molecule has 25 heavy (non-hydrogen) atoms. The number of aryl methyl sites for hydroxylation is 1. The van der Waals surface area contributed by atoms with Gasteiger partial charge < -0.3 is 9.55 Å². The number of hydrogen-bond donors (Lipinski definition) is 1. The van der Waals surface area contributed by atoms with Gasteiger partial charge in [-0.15, -0.1) is 10.2 Å². The summed E-state index contributed by atoms with van der Waals surface area (Å²) in [4.78, 5) is 3.32. The molecule has 5 heteroatoms. The summed E-state index contributed by atoms with van der Waals surface area (Å²) >= 11 is 1.74. The number of para-hydroxylation sites is 1. The first-order chi connectivity index (χ1) is 12.3. The molecular weight excluding hydrogens is 328 g/mol. The molecule has 4 aromatic rings. The topological polar surface area (TPSA) is 46.5 Å². The predicted octanol–water partition coefficient (Wildman–Crippen LogP) is 5.05. The third-order valence-corrected chi connectivity index (χ3v) is 5.50. The number of fused-ring (bicyclic) bond motifs is 1. The van der Waals surface area contributed by atoms with Gasteiger partial charge in [0.25, 0.3) is 0 Å². The molecule has 4 nitrogen and oxygen atoms in total. The minimum atomic E-state index is 0.845. The molecule has 0 unspecified atom stereocenters. The van der Waals surface area contributed by atoms with Crippen LogP contribution in [0.15, 0.2) is 59.9 Å². The molecule has 0 aliphatic carbocycles. The molecule has 0 aliphatic heterocycles. The van der Waals surface area contributed by atoms with Gasteiger partial charge in [-0.25, -0.2) is 0 Å². The number of aromatic nitrogens is 4. The Hall–Kier alpha value is -2.53. The minimum Gasteiger partial charge on any atom is -0.360 e. The maximum atomic E-state index is 4.49. The lowest BCUT2D eigenvalue weighted by molar-refractivity contribution is 0.687. The quantitative estimate of drug-likeness (QED) is 0.514. The van der Waals surface area contributed by atoms with E-state index >= 15 is 0 Å². The van der Waals surface area contributed by atoms with E-state index in [9.17, 15) is 0 Å². The molecule has 0 saturated carbocycles. The summed E-state index contributed by atoms with van der Waals surface area (Å²) < 4.78 is 2.19. The van der Waals surface area contributed by atoms with Crippen molar-refractivity contribution in [1.82, 2.24) is 19.7 Å². The largest absolute Gasteiger partial charge is 0.360 e. The molecule has 0 atom stereocenters. The van der Waals surface area contributed by atoms with E-state index in [1.807, 2.05) is 12.3 Å². The average molecular weight is 348 g/mol. The Morgan fingerprint density at radius 2 is 1.84 bits per heavy atom. The first-order valence-electron chi connectivity index (χ1n) is 8.45. The molecule has 126 valence electrons. The fourth-order valence-corrected chi connectivity index (χ4v) is 4.13. The van der Waals surface area contributed by atoms with Gasteiger partial charge in [-0.3, -0.25) is 0 Å². The normalized spacial score (nSPS) is 11.3. The van der Waals surface area contributed by atoms with E-state index in [-0.39, 0.29) is 0 Å². The summed E-state index contributed by atoms with van der Waals surface area (Å²) in [5.41, 5.74) is 4.88. The van der Waals surface area contributed by atoms with Gasteiger partial charge in [-0.05, 0) is 31.0 Å². The van der Waals surface area contributed by atoms with Crippen molar-refractivity contribution >= 4 is 22.7 Å². The first kappa shape index (κ1) is 16.0. The van der Waals surface area contributed by atoms with Crippen LogP contribution < -0.4 is 0 Å². The lowest BCUT2D eigenvalue weighted by Gasteiger charge is -2.08. The number of thioether (sulfide) groups is 1. The lowest BCUT2D eigenvalue weighted by Crippen LogP contribution is -1.99. The van der Waals surface area contributed by atoms with Crippen molar-refractivity contribution in [1.29, 1.82) is 0 Å². The number of rotatable bonds is 5. The Morgan fingerprint density at radius 3 is 2.68 bits per heavy atom. The number of nitrogens with one attached hydrogen (secondary N) is 1. The molecule has 0 fully saturated rings. The zero-order valence-corrected chi connectivity index (χ0v) is 15.2. The van der Waals surface area contributed by atoms with E-state index in [2.05, 4.69) is 76.1 Å². The summed E-state index contributed by atoms with van der Waals surface area (Å²) in [7, 11) is 0. The van der Waals surface area contributed by atoms with Crippen LogP contribution in [0.3, 0.4) is 0 Å². The minimum absolute atomic E-state index is 0.845. The predicted molar refractivity (Wildman–Crippen MR) is 104 cm³/mol. The maximum Gasteiger partial charge on any atom is 0.191 e. The standard InChI is InChI=1S/C20H20N4S/c1-3-24-19(17-12-21-18-11-7-6-10-16(17)18)22-23-20(24)25-13-15-9-5-4-8-14(15)2/h4-12,21H,3,13H2,1-2H3. The number of aromatic amines is 1. The third kappa shape index (κ3) is 2.96. The third-order valence-electron chi connectivity index (χ3n) is 4.48. The fourth-order valence-electron chi connectivity index (χ4n) is 3.05. The van der Waals surface area contributed by atoms with Gasteiger partial charge in [0, 0.05) is 35.0 Å². The van der Waals surface area contributed by atoms with Crippen molar-refractivity contribution in [2.45, 2.75) is 31.3 Å². The van der Waals surface area contributed by atoms with Gasteiger partial charge >= 0.3 is 0 Å².